The lowest BCUT2D eigenvalue weighted by molar-refractivity contribution is -0.211. The van der Waals surface area contributed by atoms with Crippen LogP contribution in [0.25, 0.3) is 0 Å². The van der Waals surface area contributed by atoms with Gasteiger partial charge in [-0.15, -0.1) is 0 Å². The third-order valence-electron chi connectivity index (χ3n) is 9.12. The predicted molar refractivity (Wildman–Crippen MR) is 96.5 cm³/mol. The highest BCUT2D eigenvalue weighted by atomic mass is 16.3. The molecule has 4 fully saturated rings. The Morgan fingerprint density at radius 3 is 2.46 bits per heavy atom. The number of aliphatic hydroxyl groups is 2. The topological polar surface area (TPSA) is 52.5 Å². The van der Waals surface area contributed by atoms with Crippen molar-refractivity contribution < 1.29 is 10.2 Å². The molecular weight excluding hydrogens is 298 g/mol. The number of nitrogens with one attached hydrogen (secondary N) is 1. The van der Waals surface area contributed by atoms with Gasteiger partial charge in [0, 0.05) is 6.04 Å². The molecule has 136 valence electrons. The van der Waals surface area contributed by atoms with Gasteiger partial charge in [0.15, 0.2) is 0 Å². The van der Waals surface area contributed by atoms with E-state index in [2.05, 4.69) is 25.7 Å². The molecule has 0 aromatic carbocycles. The van der Waals surface area contributed by atoms with Gasteiger partial charge in [-0.1, -0.05) is 26.0 Å². The summed E-state index contributed by atoms with van der Waals surface area (Å²) in [7, 11) is 2.03. The predicted octanol–water partition coefficient (Wildman–Crippen LogP) is 3.11. The molecule has 3 heteroatoms. The molecule has 0 bridgehead atoms. The standard InChI is InChI=1S/C21H35NO2/c1-12-5-6-14-17-15(8-10-20(12,14)2)21(3)9-7-13(22-4)11-16(21)18(23)19(17)24/h13-19,22-24H,1,5-11H2,2-4H3/t13-,14?,15?,16?,17?,18-,19-,20-,21-/m1/s1. The highest BCUT2D eigenvalue weighted by molar-refractivity contribution is 5.23. The van der Waals surface area contributed by atoms with E-state index in [1.807, 2.05) is 7.05 Å². The van der Waals surface area contributed by atoms with Crippen molar-refractivity contribution in [3.8, 4) is 0 Å². The lowest BCUT2D eigenvalue weighted by Gasteiger charge is -2.63. The first-order valence-corrected chi connectivity index (χ1v) is 10.0. The average molecular weight is 334 g/mol. The Balaban J connectivity index is 1.70. The minimum absolute atomic E-state index is 0.182. The van der Waals surface area contributed by atoms with Crippen molar-refractivity contribution >= 4 is 0 Å². The third-order valence-corrected chi connectivity index (χ3v) is 9.12. The summed E-state index contributed by atoms with van der Waals surface area (Å²) in [4.78, 5) is 0. The first kappa shape index (κ1) is 17.1. The van der Waals surface area contributed by atoms with Gasteiger partial charge < -0.3 is 15.5 Å². The fraction of sp³-hybridized carbons (Fsp3) is 0.905. The molecule has 0 heterocycles. The molecule has 0 aliphatic heterocycles. The number of allylic oxidation sites excluding steroid dienone is 1. The average Bonchev–Trinajstić information content (AvgIpc) is 2.87. The van der Waals surface area contributed by atoms with Gasteiger partial charge in [0.1, 0.15) is 0 Å². The van der Waals surface area contributed by atoms with E-state index in [1.165, 1.54) is 31.3 Å². The van der Waals surface area contributed by atoms with E-state index < -0.39 is 12.2 Å². The molecule has 4 aliphatic rings. The summed E-state index contributed by atoms with van der Waals surface area (Å²) in [5.74, 6) is 1.55. The highest BCUT2D eigenvalue weighted by Gasteiger charge is 2.63. The van der Waals surface area contributed by atoms with Crippen LogP contribution < -0.4 is 5.32 Å². The zero-order valence-corrected chi connectivity index (χ0v) is 15.6. The molecule has 0 amide bonds. The Morgan fingerprint density at radius 2 is 1.75 bits per heavy atom. The summed E-state index contributed by atoms with van der Waals surface area (Å²) < 4.78 is 0. The molecule has 0 radical (unpaired) electrons. The van der Waals surface area contributed by atoms with Crippen LogP contribution in [-0.4, -0.2) is 35.5 Å². The molecule has 3 N–H and O–H groups in total. The van der Waals surface area contributed by atoms with Gasteiger partial charge in [0.05, 0.1) is 12.2 Å². The summed E-state index contributed by atoms with van der Waals surface area (Å²) in [6.45, 7) is 9.15. The van der Waals surface area contributed by atoms with Crippen LogP contribution in [0.5, 0.6) is 0 Å². The van der Waals surface area contributed by atoms with Gasteiger partial charge >= 0.3 is 0 Å². The molecular formula is C21H35NO2. The number of hydrogen-bond donors (Lipinski definition) is 3. The first-order chi connectivity index (χ1) is 11.3. The Morgan fingerprint density at radius 1 is 1.00 bits per heavy atom. The van der Waals surface area contributed by atoms with Gasteiger partial charge in [-0.2, -0.15) is 0 Å². The van der Waals surface area contributed by atoms with Crippen molar-refractivity contribution in [3.63, 3.8) is 0 Å². The molecule has 4 unspecified atom stereocenters. The van der Waals surface area contributed by atoms with E-state index in [4.69, 9.17) is 0 Å². The maximum Gasteiger partial charge on any atom is 0.0836 e. The van der Waals surface area contributed by atoms with Gasteiger partial charge in [-0.05, 0) is 86.5 Å². The van der Waals surface area contributed by atoms with Crippen molar-refractivity contribution in [1.29, 1.82) is 0 Å². The molecule has 0 aromatic heterocycles. The largest absolute Gasteiger partial charge is 0.390 e. The van der Waals surface area contributed by atoms with Crippen LogP contribution in [-0.2, 0) is 0 Å². The quantitative estimate of drug-likeness (QED) is 0.646. The van der Waals surface area contributed by atoms with Crippen LogP contribution in [0.1, 0.15) is 58.8 Å². The van der Waals surface area contributed by atoms with Crippen LogP contribution in [0.4, 0.5) is 0 Å². The zero-order chi connectivity index (χ0) is 17.3. The minimum Gasteiger partial charge on any atom is -0.390 e. The van der Waals surface area contributed by atoms with Gasteiger partial charge in [-0.3, -0.25) is 0 Å². The monoisotopic (exact) mass is 333 g/mol. The van der Waals surface area contributed by atoms with Crippen LogP contribution in [0.2, 0.25) is 0 Å². The lowest BCUT2D eigenvalue weighted by Crippen LogP contribution is -2.64. The molecule has 4 aliphatic carbocycles. The molecule has 3 nitrogen and oxygen atoms in total. The summed E-state index contributed by atoms with van der Waals surface area (Å²) in [6, 6.07) is 0.488. The normalized spacial score (nSPS) is 57.2. The zero-order valence-electron chi connectivity index (χ0n) is 15.6. The van der Waals surface area contributed by atoms with Crippen LogP contribution in [0.15, 0.2) is 12.2 Å². The molecule has 0 aromatic rings. The first-order valence-electron chi connectivity index (χ1n) is 10.0. The maximum atomic E-state index is 11.1. The highest BCUT2D eigenvalue weighted by Crippen LogP contribution is 2.67. The second-order valence-corrected chi connectivity index (χ2v) is 9.74. The maximum absolute atomic E-state index is 11.1. The van der Waals surface area contributed by atoms with Gasteiger partial charge in [-0.25, -0.2) is 0 Å². The minimum atomic E-state index is -0.566. The third kappa shape index (κ3) is 2.07. The van der Waals surface area contributed by atoms with E-state index in [0.29, 0.717) is 17.9 Å². The van der Waals surface area contributed by atoms with Crippen molar-refractivity contribution in [1.82, 2.24) is 5.32 Å². The lowest BCUT2D eigenvalue weighted by atomic mass is 9.43. The van der Waals surface area contributed by atoms with E-state index >= 15 is 0 Å². The van der Waals surface area contributed by atoms with E-state index in [-0.39, 0.29) is 22.7 Å². The van der Waals surface area contributed by atoms with Crippen LogP contribution in [0.3, 0.4) is 0 Å². The van der Waals surface area contributed by atoms with E-state index in [0.717, 1.165) is 19.3 Å². The fourth-order valence-electron chi connectivity index (χ4n) is 7.43. The Kier molecular flexibility index (Phi) is 3.95. The SMILES string of the molecule is C=C1CCC2C3C(CC[C@]12C)[C@@]1(C)CC[C@@H](NC)CC1[C@@H](O)[C@@H]3O. The number of aliphatic hydroxyl groups excluding tert-OH is 2. The van der Waals surface area contributed by atoms with E-state index in [9.17, 15) is 10.2 Å². The summed E-state index contributed by atoms with van der Waals surface area (Å²) in [5.41, 5.74) is 1.76. The van der Waals surface area contributed by atoms with Crippen molar-refractivity contribution in [3.05, 3.63) is 12.2 Å². The fourth-order valence-corrected chi connectivity index (χ4v) is 7.43. The van der Waals surface area contributed by atoms with Crippen molar-refractivity contribution in [2.45, 2.75) is 77.0 Å². The molecule has 9 atom stereocenters. The smallest absolute Gasteiger partial charge is 0.0836 e. The Bertz CT molecular complexity index is 534. The van der Waals surface area contributed by atoms with Gasteiger partial charge in [0.25, 0.3) is 0 Å². The summed E-state index contributed by atoms with van der Waals surface area (Å²) in [6.07, 6.45) is 6.93. The van der Waals surface area contributed by atoms with Crippen LogP contribution in [0, 0.1) is 34.5 Å². The molecule has 4 rings (SSSR count). The number of fused-ring (bicyclic) bond motifs is 5. The van der Waals surface area contributed by atoms with Crippen LogP contribution >= 0.6 is 0 Å². The Hall–Kier alpha value is -0.380. The van der Waals surface area contributed by atoms with Gasteiger partial charge in [0.2, 0.25) is 0 Å². The second kappa shape index (κ2) is 5.56. The number of hydrogen-bond acceptors (Lipinski definition) is 3. The summed E-state index contributed by atoms with van der Waals surface area (Å²) >= 11 is 0. The van der Waals surface area contributed by atoms with Crippen molar-refractivity contribution in [2.24, 2.45) is 34.5 Å². The second-order valence-electron chi connectivity index (χ2n) is 9.74. The number of rotatable bonds is 1. The summed E-state index contributed by atoms with van der Waals surface area (Å²) in [5, 5.41) is 25.6. The van der Waals surface area contributed by atoms with E-state index in [1.54, 1.807) is 0 Å². The Labute approximate surface area is 146 Å². The molecule has 0 saturated heterocycles. The molecule has 4 saturated carbocycles. The van der Waals surface area contributed by atoms with Crippen molar-refractivity contribution in [2.75, 3.05) is 7.05 Å². The molecule has 0 spiro atoms. The molecule has 24 heavy (non-hydrogen) atoms.